The predicted molar refractivity (Wildman–Crippen MR) is 90.0 cm³/mol. The Balaban J connectivity index is 1.92. The van der Waals surface area contributed by atoms with Crippen molar-refractivity contribution in [1.29, 1.82) is 0 Å². The first-order valence-electron chi connectivity index (χ1n) is 8.02. The van der Waals surface area contributed by atoms with E-state index in [-0.39, 0.29) is 0 Å². The molecule has 1 heterocycles. The summed E-state index contributed by atoms with van der Waals surface area (Å²) in [6.07, 6.45) is 6.38. The molecule has 0 aliphatic carbocycles. The van der Waals surface area contributed by atoms with Crippen molar-refractivity contribution < 1.29 is 9.94 Å². The topological polar surface area (TPSA) is 45.1 Å². The van der Waals surface area contributed by atoms with E-state index in [1.165, 1.54) is 12.0 Å². The van der Waals surface area contributed by atoms with Crippen LogP contribution < -0.4 is 4.74 Å². The van der Waals surface area contributed by atoms with Crippen LogP contribution >= 0.6 is 0 Å². The van der Waals surface area contributed by atoms with Gasteiger partial charge < -0.3 is 9.94 Å². The van der Waals surface area contributed by atoms with E-state index in [1.807, 2.05) is 24.3 Å². The standard InChI is InChI=1S/C18H26N2O2/c1-3-12-20-13-4-5-15(14-20)6-11-18(19-21)16-7-9-17(22-2)10-8-16/h5,7-10,21H,3-4,6,11-14H2,1-2H3. The number of methoxy groups -OCH3 is 1. The molecule has 1 aromatic rings. The SMILES string of the molecule is CCCN1CCC=C(CCC(=NO)c2ccc(OC)cc2)C1. The zero-order valence-electron chi connectivity index (χ0n) is 13.6. The van der Waals surface area contributed by atoms with Gasteiger partial charge in [-0.05, 0) is 62.1 Å². The largest absolute Gasteiger partial charge is 0.497 e. The predicted octanol–water partition coefficient (Wildman–Crippen LogP) is 3.70. The van der Waals surface area contributed by atoms with Gasteiger partial charge in [-0.25, -0.2) is 0 Å². The minimum Gasteiger partial charge on any atom is -0.497 e. The van der Waals surface area contributed by atoms with E-state index >= 15 is 0 Å². The maximum absolute atomic E-state index is 9.30. The van der Waals surface area contributed by atoms with Crippen molar-refractivity contribution in [2.45, 2.75) is 32.6 Å². The molecule has 1 aliphatic rings. The van der Waals surface area contributed by atoms with Crippen LogP contribution in [-0.4, -0.2) is 42.6 Å². The molecule has 0 atom stereocenters. The molecule has 1 N–H and O–H groups in total. The molecule has 1 aromatic carbocycles. The molecule has 1 aliphatic heterocycles. The summed E-state index contributed by atoms with van der Waals surface area (Å²) in [7, 11) is 1.65. The van der Waals surface area contributed by atoms with Gasteiger partial charge in [0.15, 0.2) is 0 Å². The second-order valence-electron chi connectivity index (χ2n) is 5.70. The quantitative estimate of drug-likeness (QED) is 0.361. The third kappa shape index (κ3) is 4.60. The fraction of sp³-hybridized carbons (Fsp3) is 0.500. The van der Waals surface area contributed by atoms with Crippen molar-refractivity contribution in [3.8, 4) is 5.75 Å². The Hall–Kier alpha value is -1.81. The van der Waals surface area contributed by atoms with E-state index in [1.54, 1.807) is 7.11 Å². The summed E-state index contributed by atoms with van der Waals surface area (Å²) in [5, 5.41) is 12.8. The zero-order chi connectivity index (χ0) is 15.8. The maximum Gasteiger partial charge on any atom is 0.118 e. The van der Waals surface area contributed by atoms with Gasteiger partial charge in [0.1, 0.15) is 5.75 Å². The molecular weight excluding hydrogens is 276 g/mol. The van der Waals surface area contributed by atoms with Gasteiger partial charge in [0, 0.05) is 13.1 Å². The van der Waals surface area contributed by atoms with Crippen molar-refractivity contribution >= 4 is 5.71 Å². The molecule has 120 valence electrons. The van der Waals surface area contributed by atoms with Crippen LogP contribution in [0.3, 0.4) is 0 Å². The van der Waals surface area contributed by atoms with Crippen LogP contribution in [0, 0.1) is 0 Å². The van der Waals surface area contributed by atoms with Gasteiger partial charge in [-0.1, -0.05) is 23.7 Å². The highest BCUT2D eigenvalue weighted by molar-refractivity contribution is 6.00. The molecule has 0 bridgehead atoms. The van der Waals surface area contributed by atoms with Crippen LogP contribution in [0.1, 0.15) is 38.2 Å². The normalized spacial score (nSPS) is 16.5. The number of benzene rings is 1. The van der Waals surface area contributed by atoms with Crippen LogP contribution in [0.2, 0.25) is 0 Å². The van der Waals surface area contributed by atoms with Gasteiger partial charge in [-0.15, -0.1) is 0 Å². The molecule has 22 heavy (non-hydrogen) atoms. The second kappa shape index (κ2) is 8.59. The van der Waals surface area contributed by atoms with Crippen LogP contribution in [-0.2, 0) is 0 Å². The van der Waals surface area contributed by atoms with Gasteiger partial charge in [0.05, 0.1) is 12.8 Å². The molecule has 0 saturated carbocycles. The van der Waals surface area contributed by atoms with Crippen LogP contribution in [0.4, 0.5) is 0 Å². The van der Waals surface area contributed by atoms with Gasteiger partial charge in [-0.3, -0.25) is 4.90 Å². The first kappa shape index (κ1) is 16.6. The second-order valence-corrected chi connectivity index (χ2v) is 5.70. The molecule has 2 rings (SSSR count). The number of nitrogens with zero attached hydrogens (tertiary/aromatic N) is 2. The van der Waals surface area contributed by atoms with Crippen molar-refractivity contribution in [2.75, 3.05) is 26.7 Å². The molecular formula is C18H26N2O2. The molecule has 0 aromatic heterocycles. The third-order valence-corrected chi connectivity index (χ3v) is 4.07. The summed E-state index contributed by atoms with van der Waals surface area (Å²) in [6.45, 7) is 5.60. The monoisotopic (exact) mass is 302 g/mol. The number of hydrogen-bond acceptors (Lipinski definition) is 4. The molecule has 0 saturated heterocycles. The van der Waals surface area contributed by atoms with E-state index in [0.717, 1.165) is 55.9 Å². The van der Waals surface area contributed by atoms with Crippen LogP contribution in [0.25, 0.3) is 0 Å². The van der Waals surface area contributed by atoms with Gasteiger partial charge in [0.2, 0.25) is 0 Å². The Morgan fingerprint density at radius 2 is 2.09 bits per heavy atom. The van der Waals surface area contributed by atoms with E-state index < -0.39 is 0 Å². The zero-order valence-corrected chi connectivity index (χ0v) is 13.6. The molecule has 0 radical (unpaired) electrons. The molecule has 4 heteroatoms. The Bertz CT molecular complexity index is 520. The molecule has 0 unspecified atom stereocenters. The molecule has 0 amide bonds. The lowest BCUT2D eigenvalue weighted by atomic mass is 9.99. The Morgan fingerprint density at radius 3 is 2.73 bits per heavy atom. The fourth-order valence-corrected chi connectivity index (χ4v) is 2.88. The van der Waals surface area contributed by atoms with E-state index in [0.29, 0.717) is 0 Å². The van der Waals surface area contributed by atoms with Crippen molar-refractivity contribution in [3.05, 3.63) is 41.5 Å². The van der Waals surface area contributed by atoms with Crippen molar-refractivity contribution in [3.63, 3.8) is 0 Å². The summed E-state index contributed by atoms with van der Waals surface area (Å²) >= 11 is 0. The summed E-state index contributed by atoms with van der Waals surface area (Å²) in [5.74, 6) is 0.811. The van der Waals surface area contributed by atoms with Gasteiger partial charge in [0.25, 0.3) is 0 Å². The first-order chi connectivity index (χ1) is 10.8. The summed E-state index contributed by atoms with van der Waals surface area (Å²) in [6, 6.07) is 7.66. The first-order valence-corrected chi connectivity index (χ1v) is 8.02. The van der Waals surface area contributed by atoms with Crippen LogP contribution in [0.15, 0.2) is 41.1 Å². The minimum atomic E-state index is 0.733. The molecule has 0 spiro atoms. The fourth-order valence-electron chi connectivity index (χ4n) is 2.88. The Morgan fingerprint density at radius 1 is 1.32 bits per heavy atom. The van der Waals surface area contributed by atoms with Gasteiger partial charge in [-0.2, -0.15) is 0 Å². The minimum absolute atomic E-state index is 0.733. The number of oxime groups is 1. The van der Waals surface area contributed by atoms with E-state index in [4.69, 9.17) is 4.74 Å². The lowest BCUT2D eigenvalue weighted by Crippen LogP contribution is -2.30. The highest BCUT2D eigenvalue weighted by atomic mass is 16.5. The van der Waals surface area contributed by atoms with E-state index in [2.05, 4.69) is 23.1 Å². The third-order valence-electron chi connectivity index (χ3n) is 4.07. The number of hydrogen-bond donors (Lipinski definition) is 1. The lowest BCUT2D eigenvalue weighted by molar-refractivity contribution is 0.287. The Kier molecular flexibility index (Phi) is 6.46. The molecule has 4 nitrogen and oxygen atoms in total. The lowest BCUT2D eigenvalue weighted by Gasteiger charge is -2.26. The average Bonchev–Trinajstić information content (AvgIpc) is 2.57. The average molecular weight is 302 g/mol. The van der Waals surface area contributed by atoms with Gasteiger partial charge >= 0.3 is 0 Å². The van der Waals surface area contributed by atoms with Crippen LogP contribution in [0.5, 0.6) is 5.75 Å². The van der Waals surface area contributed by atoms with Crippen molar-refractivity contribution in [1.82, 2.24) is 4.90 Å². The molecule has 0 fully saturated rings. The maximum atomic E-state index is 9.30. The van der Waals surface area contributed by atoms with Crippen molar-refractivity contribution in [2.24, 2.45) is 5.16 Å². The summed E-state index contributed by atoms with van der Waals surface area (Å²) in [5.41, 5.74) is 3.13. The van der Waals surface area contributed by atoms with E-state index in [9.17, 15) is 5.21 Å². The number of ether oxygens (including phenoxy) is 1. The highest BCUT2D eigenvalue weighted by Gasteiger charge is 2.13. The summed E-state index contributed by atoms with van der Waals surface area (Å²) < 4.78 is 5.16. The smallest absolute Gasteiger partial charge is 0.118 e. The number of rotatable bonds is 7. The Labute approximate surface area is 133 Å². The highest BCUT2D eigenvalue weighted by Crippen LogP contribution is 2.18. The summed E-state index contributed by atoms with van der Waals surface area (Å²) in [4.78, 5) is 2.50.